The van der Waals surface area contributed by atoms with Crippen molar-refractivity contribution in [1.29, 1.82) is 0 Å². The van der Waals surface area contributed by atoms with Crippen LogP contribution < -0.4 is 11.1 Å². The highest BCUT2D eigenvalue weighted by atomic mass is 79.9. The quantitative estimate of drug-likeness (QED) is 0.805. The van der Waals surface area contributed by atoms with Gasteiger partial charge in [-0.3, -0.25) is 0 Å². The Morgan fingerprint density at radius 3 is 2.41 bits per heavy atom. The highest BCUT2D eigenvalue weighted by Crippen LogP contribution is 2.25. The third-order valence-electron chi connectivity index (χ3n) is 2.74. The van der Waals surface area contributed by atoms with Crippen molar-refractivity contribution < 1.29 is 0 Å². The zero-order valence-corrected chi connectivity index (χ0v) is 11.5. The van der Waals surface area contributed by atoms with E-state index < -0.39 is 0 Å². The van der Waals surface area contributed by atoms with Crippen LogP contribution in [0.25, 0.3) is 0 Å². The molecule has 0 spiro atoms. The summed E-state index contributed by atoms with van der Waals surface area (Å²) in [5.74, 6) is 0. The van der Waals surface area contributed by atoms with Crippen LogP contribution in [0, 0.1) is 13.8 Å². The van der Waals surface area contributed by atoms with E-state index in [9.17, 15) is 0 Å². The summed E-state index contributed by atoms with van der Waals surface area (Å²) in [5, 5.41) is 3.39. The lowest BCUT2D eigenvalue weighted by molar-refractivity contribution is 1.40. The molecule has 2 aromatic rings. The largest absolute Gasteiger partial charge is 0.399 e. The first-order valence-electron chi connectivity index (χ1n) is 5.45. The van der Waals surface area contributed by atoms with Crippen molar-refractivity contribution in [3.05, 3.63) is 52.0 Å². The molecule has 0 aromatic heterocycles. The molecule has 3 heteroatoms. The number of hydrogen-bond donors (Lipinski definition) is 2. The van der Waals surface area contributed by atoms with Crippen molar-refractivity contribution in [2.45, 2.75) is 13.8 Å². The fourth-order valence-electron chi connectivity index (χ4n) is 1.68. The van der Waals surface area contributed by atoms with Crippen LogP contribution in [-0.2, 0) is 0 Å². The molecule has 2 rings (SSSR count). The summed E-state index contributed by atoms with van der Waals surface area (Å²) < 4.78 is 1.09. The third kappa shape index (κ3) is 2.80. The van der Waals surface area contributed by atoms with Gasteiger partial charge in [0.05, 0.1) is 0 Å². The Kier molecular flexibility index (Phi) is 3.38. The van der Waals surface area contributed by atoms with Gasteiger partial charge < -0.3 is 11.1 Å². The van der Waals surface area contributed by atoms with Gasteiger partial charge in [-0.25, -0.2) is 0 Å². The molecule has 0 heterocycles. The van der Waals surface area contributed by atoms with Crippen molar-refractivity contribution >= 4 is 33.0 Å². The summed E-state index contributed by atoms with van der Waals surface area (Å²) in [6.45, 7) is 4.09. The summed E-state index contributed by atoms with van der Waals surface area (Å²) in [6, 6.07) is 12.1. The van der Waals surface area contributed by atoms with Gasteiger partial charge in [0.1, 0.15) is 0 Å². The summed E-state index contributed by atoms with van der Waals surface area (Å²) in [4.78, 5) is 0. The van der Waals surface area contributed by atoms with Gasteiger partial charge in [-0.05, 0) is 61.4 Å². The average Bonchev–Trinajstić information content (AvgIpc) is 2.27. The van der Waals surface area contributed by atoms with E-state index in [4.69, 9.17) is 5.73 Å². The van der Waals surface area contributed by atoms with Gasteiger partial charge in [0.25, 0.3) is 0 Å². The standard InChI is InChI=1S/C14H15BrN2/c1-9-8-12(4-5-13(9)16)17-14-6-3-11(15)7-10(14)2/h3-8,17H,16H2,1-2H3. The van der Waals surface area contributed by atoms with Crippen LogP contribution in [0.3, 0.4) is 0 Å². The molecular formula is C14H15BrN2. The van der Waals surface area contributed by atoms with Crippen LogP contribution in [0.15, 0.2) is 40.9 Å². The number of halogens is 1. The van der Waals surface area contributed by atoms with E-state index in [0.717, 1.165) is 27.1 Å². The minimum Gasteiger partial charge on any atom is -0.399 e. The fraction of sp³-hybridized carbons (Fsp3) is 0.143. The zero-order valence-electron chi connectivity index (χ0n) is 9.92. The zero-order chi connectivity index (χ0) is 12.4. The van der Waals surface area contributed by atoms with E-state index in [1.54, 1.807) is 0 Å². The Balaban J connectivity index is 2.28. The molecule has 2 nitrogen and oxygen atoms in total. The van der Waals surface area contributed by atoms with Crippen LogP contribution in [-0.4, -0.2) is 0 Å². The van der Waals surface area contributed by atoms with E-state index in [-0.39, 0.29) is 0 Å². The maximum atomic E-state index is 5.80. The summed E-state index contributed by atoms with van der Waals surface area (Å²) in [5.41, 5.74) is 11.1. The molecule has 0 saturated carbocycles. The Morgan fingerprint density at radius 2 is 1.76 bits per heavy atom. The molecule has 0 aliphatic heterocycles. The normalized spacial score (nSPS) is 10.3. The number of nitrogens with two attached hydrogens (primary N) is 1. The smallest absolute Gasteiger partial charge is 0.0414 e. The van der Waals surface area contributed by atoms with Crippen LogP contribution in [0.5, 0.6) is 0 Å². The molecule has 0 fully saturated rings. The van der Waals surface area contributed by atoms with E-state index in [2.05, 4.69) is 46.4 Å². The lowest BCUT2D eigenvalue weighted by Crippen LogP contribution is -1.95. The third-order valence-corrected chi connectivity index (χ3v) is 3.23. The molecule has 0 amide bonds. The van der Waals surface area contributed by atoms with Crippen LogP contribution in [0.1, 0.15) is 11.1 Å². The predicted molar refractivity (Wildman–Crippen MR) is 77.8 cm³/mol. The van der Waals surface area contributed by atoms with E-state index in [1.165, 1.54) is 5.56 Å². The van der Waals surface area contributed by atoms with Crippen molar-refractivity contribution in [3.63, 3.8) is 0 Å². The molecule has 0 radical (unpaired) electrons. The van der Waals surface area contributed by atoms with Crippen molar-refractivity contribution in [1.82, 2.24) is 0 Å². The average molecular weight is 291 g/mol. The lowest BCUT2D eigenvalue weighted by Gasteiger charge is -2.11. The minimum absolute atomic E-state index is 0.822. The highest BCUT2D eigenvalue weighted by Gasteiger charge is 2.01. The first-order valence-corrected chi connectivity index (χ1v) is 6.25. The van der Waals surface area contributed by atoms with Gasteiger partial charge in [-0.2, -0.15) is 0 Å². The lowest BCUT2D eigenvalue weighted by atomic mass is 10.1. The Bertz CT molecular complexity index is 550. The summed E-state index contributed by atoms with van der Waals surface area (Å²) >= 11 is 3.46. The highest BCUT2D eigenvalue weighted by molar-refractivity contribution is 9.10. The van der Waals surface area contributed by atoms with Gasteiger partial charge in [-0.15, -0.1) is 0 Å². The Hall–Kier alpha value is -1.48. The first-order chi connectivity index (χ1) is 8.06. The van der Waals surface area contributed by atoms with Gasteiger partial charge >= 0.3 is 0 Å². The van der Waals surface area contributed by atoms with Crippen molar-refractivity contribution in [2.24, 2.45) is 0 Å². The molecule has 0 atom stereocenters. The molecule has 0 aliphatic carbocycles. The number of rotatable bonds is 2. The fourth-order valence-corrected chi connectivity index (χ4v) is 2.15. The first kappa shape index (κ1) is 12.0. The number of benzene rings is 2. The maximum absolute atomic E-state index is 5.80. The molecule has 0 aliphatic rings. The van der Waals surface area contributed by atoms with Crippen molar-refractivity contribution in [2.75, 3.05) is 11.1 Å². The van der Waals surface area contributed by atoms with Crippen LogP contribution >= 0.6 is 15.9 Å². The second kappa shape index (κ2) is 4.80. The van der Waals surface area contributed by atoms with E-state index >= 15 is 0 Å². The summed E-state index contributed by atoms with van der Waals surface area (Å²) in [6.07, 6.45) is 0. The number of aryl methyl sites for hydroxylation is 2. The molecule has 17 heavy (non-hydrogen) atoms. The number of nitrogens with one attached hydrogen (secondary N) is 1. The number of nitrogen functional groups attached to an aromatic ring is 1. The summed E-state index contributed by atoms with van der Waals surface area (Å²) in [7, 11) is 0. The van der Waals surface area contributed by atoms with Crippen LogP contribution in [0.4, 0.5) is 17.1 Å². The molecule has 2 aromatic carbocycles. The number of hydrogen-bond acceptors (Lipinski definition) is 2. The Morgan fingerprint density at radius 1 is 1.00 bits per heavy atom. The molecule has 0 saturated heterocycles. The monoisotopic (exact) mass is 290 g/mol. The van der Waals surface area contributed by atoms with Crippen molar-refractivity contribution in [3.8, 4) is 0 Å². The number of anilines is 3. The molecular weight excluding hydrogens is 276 g/mol. The molecule has 3 N–H and O–H groups in total. The van der Waals surface area contributed by atoms with Crippen LogP contribution in [0.2, 0.25) is 0 Å². The van der Waals surface area contributed by atoms with Gasteiger partial charge in [-0.1, -0.05) is 15.9 Å². The second-order valence-corrected chi connectivity index (χ2v) is 5.07. The topological polar surface area (TPSA) is 38.0 Å². The van der Waals surface area contributed by atoms with Gasteiger partial charge in [0.15, 0.2) is 0 Å². The maximum Gasteiger partial charge on any atom is 0.0414 e. The molecule has 0 unspecified atom stereocenters. The predicted octanol–water partition coefficient (Wildman–Crippen LogP) is 4.39. The molecule has 88 valence electrons. The minimum atomic E-state index is 0.822. The van der Waals surface area contributed by atoms with Gasteiger partial charge in [0.2, 0.25) is 0 Å². The second-order valence-electron chi connectivity index (χ2n) is 4.16. The van der Waals surface area contributed by atoms with Gasteiger partial charge in [0, 0.05) is 21.5 Å². The SMILES string of the molecule is Cc1cc(Nc2ccc(Br)cc2C)ccc1N. The van der Waals surface area contributed by atoms with E-state index in [1.807, 2.05) is 25.1 Å². The van der Waals surface area contributed by atoms with E-state index in [0.29, 0.717) is 0 Å². The molecule has 0 bridgehead atoms. The Labute approximate surface area is 110 Å².